The molecule has 0 aliphatic heterocycles. The van der Waals surface area contributed by atoms with Gasteiger partial charge < -0.3 is 14.9 Å². The molecule has 41 heavy (non-hydrogen) atoms. The van der Waals surface area contributed by atoms with Gasteiger partial charge in [0.15, 0.2) is 0 Å². The molecule has 0 amide bonds. The Kier molecular flexibility index (Phi) is 9.76. The van der Waals surface area contributed by atoms with E-state index in [0.717, 1.165) is 36.3 Å². The number of aliphatic hydroxyl groups is 1. The Bertz CT molecular complexity index is 1470. The largest absolute Gasteiger partial charge is 0.387 e. The van der Waals surface area contributed by atoms with Crippen LogP contribution in [-0.4, -0.2) is 41.7 Å². The molecule has 0 saturated heterocycles. The van der Waals surface area contributed by atoms with Gasteiger partial charge in [0.05, 0.1) is 11.0 Å². The zero-order valence-electron chi connectivity index (χ0n) is 23.1. The van der Waals surface area contributed by atoms with Crippen LogP contribution >= 0.6 is 0 Å². The molecule has 5 rings (SSSR count). The Labute approximate surface area is 241 Å². The molecule has 1 aliphatic carbocycles. The summed E-state index contributed by atoms with van der Waals surface area (Å²) in [6.45, 7) is 1.10. The van der Waals surface area contributed by atoms with Gasteiger partial charge in [-0.25, -0.2) is 8.42 Å². The van der Waals surface area contributed by atoms with Crippen molar-refractivity contribution >= 4 is 15.7 Å². The normalized spacial score (nSPS) is 14.8. The first kappa shape index (κ1) is 28.9. The Hall–Kier alpha value is -3.60. The molecule has 4 aromatic rings. The van der Waals surface area contributed by atoms with Crippen molar-refractivity contribution in [3.63, 3.8) is 0 Å². The minimum atomic E-state index is -3.76. The summed E-state index contributed by atoms with van der Waals surface area (Å²) in [5.41, 5.74) is 3.02. The number of aromatic nitrogens is 3. The summed E-state index contributed by atoms with van der Waals surface area (Å²) in [5, 5.41) is 17.5. The third kappa shape index (κ3) is 8.22. The van der Waals surface area contributed by atoms with Crippen molar-refractivity contribution in [2.45, 2.75) is 62.4 Å². The van der Waals surface area contributed by atoms with Crippen LogP contribution in [0.2, 0.25) is 0 Å². The number of nitrogens with one attached hydrogen (secondary N) is 2. The lowest BCUT2D eigenvalue weighted by Crippen LogP contribution is -2.23. The Balaban J connectivity index is 1.08. The number of nitrogens with zero attached hydrogens (tertiary/aromatic N) is 3. The van der Waals surface area contributed by atoms with Gasteiger partial charge in [0.1, 0.15) is 0 Å². The molecule has 1 fully saturated rings. The van der Waals surface area contributed by atoms with Gasteiger partial charge in [-0.15, -0.1) is 0 Å². The molecule has 0 unspecified atom stereocenters. The van der Waals surface area contributed by atoms with Crippen LogP contribution in [-0.2, 0) is 22.9 Å². The lowest BCUT2D eigenvalue weighted by molar-refractivity contribution is 0.174. The third-order valence-electron chi connectivity index (χ3n) is 7.57. The average molecular weight is 576 g/mol. The fourth-order valence-electron chi connectivity index (χ4n) is 5.21. The number of aliphatic hydroxyl groups excluding tert-OH is 1. The summed E-state index contributed by atoms with van der Waals surface area (Å²) in [6.07, 6.45) is 11.8. The van der Waals surface area contributed by atoms with Crippen LogP contribution in [0.1, 0.15) is 61.6 Å². The number of pyridine rings is 1. The van der Waals surface area contributed by atoms with Crippen molar-refractivity contribution in [3.8, 4) is 11.4 Å². The molecule has 3 N–H and O–H groups in total. The molecule has 0 spiro atoms. The second-order valence-corrected chi connectivity index (χ2v) is 12.3. The molecule has 1 aliphatic rings. The second-order valence-electron chi connectivity index (χ2n) is 10.6. The maximum atomic E-state index is 13.0. The summed E-state index contributed by atoms with van der Waals surface area (Å²) < 4.78 is 34.0. The number of hydrogen-bond acceptors (Lipinski definition) is 8. The number of benzene rings is 2. The Morgan fingerprint density at radius 1 is 1.00 bits per heavy atom. The van der Waals surface area contributed by atoms with Gasteiger partial charge in [-0.05, 0) is 79.8 Å². The van der Waals surface area contributed by atoms with Crippen molar-refractivity contribution in [1.82, 2.24) is 20.4 Å². The van der Waals surface area contributed by atoms with Gasteiger partial charge in [-0.1, -0.05) is 49.0 Å². The number of aryl methyl sites for hydroxylation is 1. The van der Waals surface area contributed by atoms with Gasteiger partial charge in [0.2, 0.25) is 11.7 Å². The van der Waals surface area contributed by atoms with E-state index >= 15 is 0 Å². The Morgan fingerprint density at radius 2 is 1.78 bits per heavy atom. The van der Waals surface area contributed by atoms with Crippen LogP contribution in [0.5, 0.6) is 0 Å². The van der Waals surface area contributed by atoms with E-state index in [-0.39, 0.29) is 4.90 Å². The maximum absolute atomic E-state index is 13.0. The van der Waals surface area contributed by atoms with Gasteiger partial charge in [0, 0.05) is 42.2 Å². The number of hydrogen-bond donors (Lipinski definition) is 3. The van der Waals surface area contributed by atoms with E-state index < -0.39 is 16.1 Å². The molecule has 0 radical (unpaired) electrons. The summed E-state index contributed by atoms with van der Waals surface area (Å²) >= 11 is 0. The third-order valence-corrected chi connectivity index (χ3v) is 8.97. The van der Waals surface area contributed by atoms with Crippen molar-refractivity contribution in [1.29, 1.82) is 0 Å². The molecule has 2 aromatic carbocycles. The van der Waals surface area contributed by atoms with Crippen LogP contribution < -0.4 is 10.0 Å². The maximum Gasteiger partial charge on any atom is 0.261 e. The van der Waals surface area contributed by atoms with Crippen LogP contribution in [0, 0.1) is 5.92 Å². The number of anilines is 1. The molecule has 10 heteroatoms. The molecule has 9 nitrogen and oxygen atoms in total. The molecule has 2 heterocycles. The predicted octanol–water partition coefficient (Wildman–Crippen LogP) is 5.31. The van der Waals surface area contributed by atoms with Gasteiger partial charge in [-0.3, -0.25) is 9.71 Å². The van der Waals surface area contributed by atoms with Crippen LogP contribution in [0.25, 0.3) is 11.4 Å². The highest BCUT2D eigenvalue weighted by Crippen LogP contribution is 2.29. The first-order chi connectivity index (χ1) is 20.0. The highest BCUT2D eigenvalue weighted by Gasteiger charge is 2.17. The minimum Gasteiger partial charge on any atom is -0.387 e. The Morgan fingerprint density at radius 3 is 2.51 bits per heavy atom. The van der Waals surface area contributed by atoms with E-state index in [1.165, 1.54) is 32.1 Å². The van der Waals surface area contributed by atoms with E-state index in [0.29, 0.717) is 36.1 Å². The standard InChI is InChI=1S/C31H37N5O4S/c37-29(26-8-4-19-32-21-26)22-33-20-18-24-10-14-27(15-11-24)36-41(38,39)28-16-12-25(13-17-28)31-34-30(40-35-31)9-3-7-23-5-1-2-6-23/h4,8,10-17,19,21,23,29,33,36-37H,1-3,5-7,9,18,20,22H2/t29-/m1/s1. The quantitative estimate of drug-likeness (QED) is 0.173. The van der Waals surface area contributed by atoms with E-state index in [9.17, 15) is 13.5 Å². The van der Waals surface area contributed by atoms with E-state index in [1.54, 1.807) is 54.9 Å². The van der Waals surface area contributed by atoms with Gasteiger partial charge >= 0.3 is 0 Å². The smallest absolute Gasteiger partial charge is 0.261 e. The zero-order chi connectivity index (χ0) is 28.5. The lowest BCUT2D eigenvalue weighted by Gasteiger charge is -2.12. The molecule has 0 bridgehead atoms. The summed E-state index contributed by atoms with van der Waals surface area (Å²) in [4.78, 5) is 8.68. The highest BCUT2D eigenvalue weighted by atomic mass is 32.2. The van der Waals surface area contributed by atoms with Crippen molar-refractivity contribution in [2.75, 3.05) is 17.8 Å². The summed E-state index contributed by atoms with van der Waals surface area (Å²) in [6, 6.07) is 17.4. The molecule has 216 valence electrons. The monoisotopic (exact) mass is 575 g/mol. The van der Waals surface area contributed by atoms with Gasteiger partial charge in [-0.2, -0.15) is 4.98 Å². The number of rotatable bonds is 14. The second kappa shape index (κ2) is 13.8. The minimum absolute atomic E-state index is 0.155. The highest BCUT2D eigenvalue weighted by molar-refractivity contribution is 7.92. The molecule has 2 aromatic heterocycles. The molecule has 1 atom stereocenters. The van der Waals surface area contributed by atoms with Crippen molar-refractivity contribution in [2.24, 2.45) is 5.92 Å². The summed E-state index contributed by atoms with van der Waals surface area (Å²) in [7, 11) is -3.76. The first-order valence-corrected chi connectivity index (χ1v) is 15.8. The van der Waals surface area contributed by atoms with E-state index in [4.69, 9.17) is 4.52 Å². The van der Waals surface area contributed by atoms with Crippen molar-refractivity contribution in [3.05, 3.63) is 90.1 Å². The fraction of sp³-hybridized carbons (Fsp3) is 0.387. The van der Waals surface area contributed by atoms with Crippen LogP contribution in [0.3, 0.4) is 0 Å². The summed E-state index contributed by atoms with van der Waals surface area (Å²) in [5.74, 6) is 1.93. The predicted molar refractivity (Wildman–Crippen MR) is 158 cm³/mol. The zero-order valence-corrected chi connectivity index (χ0v) is 23.9. The van der Waals surface area contributed by atoms with Crippen LogP contribution in [0.4, 0.5) is 5.69 Å². The first-order valence-electron chi connectivity index (χ1n) is 14.3. The van der Waals surface area contributed by atoms with E-state index in [1.807, 2.05) is 18.2 Å². The van der Waals surface area contributed by atoms with Crippen LogP contribution in [0.15, 0.2) is 82.5 Å². The number of sulfonamides is 1. The fourth-order valence-corrected chi connectivity index (χ4v) is 6.27. The van der Waals surface area contributed by atoms with Crippen molar-refractivity contribution < 1.29 is 18.0 Å². The van der Waals surface area contributed by atoms with Gasteiger partial charge in [0.25, 0.3) is 10.0 Å². The SMILES string of the molecule is O=S(=O)(Nc1ccc(CCNC[C@@H](O)c2cccnc2)cc1)c1ccc(-c2noc(CCCC3CCCC3)n2)cc1. The molecular weight excluding hydrogens is 538 g/mol. The average Bonchev–Trinajstić information content (AvgIpc) is 3.69. The molecule has 1 saturated carbocycles. The van der Waals surface area contributed by atoms with E-state index in [2.05, 4.69) is 25.2 Å². The molecular formula is C31H37N5O4S. The topological polar surface area (TPSA) is 130 Å². The lowest BCUT2D eigenvalue weighted by atomic mass is 10.0.